The van der Waals surface area contributed by atoms with E-state index in [0.717, 1.165) is 7.11 Å². The number of alkyl halides is 6. The van der Waals surface area contributed by atoms with Gasteiger partial charge in [0.15, 0.2) is 5.78 Å². The molecule has 28 heavy (non-hydrogen) atoms. The molecule has 3 unspecified atom stereocenters. The van der Waals surface area contributed by atoms with Crippen LogP contribution in [0.25, 0.3) is 0 Å². The first-order valence-electron chi connectivity index (χ1n) is 8.09. The highest BCUT2D eigenvalue weighted by atomic mass is 19.4. The fraction of sp³-hybridized carbons (Fsp3) is 0.316. The molecule has 0 spiro atoms. The maximum Gasteiger partial charge on any atom is 0.416 e. The molecule has 3 atom stereocenters. The highest BCUT2D eigenvalue weighted by Crippen LogP contribution is 2.47. The minimum absolute atomic E-state index is 0.0996. The van der Waals surface area contributed by atoms with Gasteiger partial charge in [0.05, 0.1) is 29.3 Å². The molecule has 2 aromatic carbocycles. The Bertz CT molecular complexity index is 903. The number of Topliss-reactive ketones (excluding diaryl/α,β-unsaturated/α-hetero) is 1. The van der Waals surface area contributed by atoms with E-state index in [2.05, 4.69) is 0 Å². The van der Waals surface area contributed by atoms with Crippen molar-refractivity contribution in [2.45, 2.75) is 24.6 Å². The Kier molecular flexibility index (Phi) is 5.01. The zero-order valence-electron chi connectivity index (χ0n) is 14.3. The molecule has 0 saturated carbocycles. The Morgan fingerprint density at radius 3 is 2.18 bits per heavy atom. The number of fused-ring (bicyclic) bond motifs is 1. The standard InChI is InChI=1S/C19H14F6O3/c1-28-17(14-15(26)10-4-2-3-5-11(10)16(14)27)12-8-9(18(20,21)22)6-7-13(12)19(23,24)25/h2-8,14-15,17,26H,1H3. The van der Waals surface area contributed by atoms with Gasteiger partial charge < -0.3 is 9.84 Å². The molecule has 3 rings (SSSR count). The summed E-state index contributed by atoms with van der Waals surface area (Å²) in [7, 11) is 0.980. The maximum absolute atomic E-state index is 13.4. The lowest BCUT2D eigenvalue weighted by atomic mass is 9.87. The summed E-state index contributed by atoms with van der Waals surface area (Å²) >= 11 is 0. The van der Waals surface area contributed by atoms with Crippen LogP contribution in [0.5, 0.6) is 0 Å². The molecular formula is C19H14F6O3. The van der Waals surface area contributed by atoms with E-state index in [1.54, 1.807) is 0 Å². The van der Waals surface area contributed by atoms with E-state index in [4.69, 9.17) is 4.74 Å². The van der Waals surface area contributed by atoms with Crippen LogP contribution in [-0.4, -0.2) is 18.0 Å². The van der Waals surface area contributed by atoms with Crippen molar-refractivity contribution >= 4 is 5.78 Å². The van der Waals surface area contributed by atoms with Gasteiger partial charge in [0.1, 0.15) is 0 Å². The van der Waals surface area contributed by atoms with Crippen LogP contribution in [-0.2, 0) is 17.1 Å². The summed E-state index contributed by atoms with van der Waals surface area (Å²) in [5.41, 5.74) is -3.23. The van der Waals surface area contributed by atoms with E-state index < -0.39 is 53.0 Å². The van der Waals surface area contributed by atoms with Gasteiger partial charge in [0.2, 0.25) is 0 Å². The van der Waals surface area contributed by atoms with Crippen molar-refractivity contribution in [1.29, 1.82) is 0 Å². The Labute approximate surface area is 155 Å². The first kappa shape index (κ1) is 20.3. The van der Waals surface area contributed by atoms with Gasteiger partial charge in [-0.3, -0.25) is 4.79 Å². The van der Waals surface area contributed by atoms with E-state index in [0.29, 0.717) is 18.2 Å². The van der Waals surface area contributed by atoms with Gasteiger partial charge in [-0.25, -0.2) is 0 Å². The van der Waals surface area contributed by atoms with Gasteiger partial charge in [-0.15, -0.1) is 0 Å². The number of ketones is 1. The predicted octanol–water partition coefficient (Wildman–Crippen LogP) is 4.96. The average Bonchev–Trinajstić information content (AvgIpc) is 2.86. The molecule has 0 radical (unpaired) electrons. The molecule has 0 aromatic heterocycles. The van der Waals surface area contributed by atoms with Gasteiger partial charge in [-0.05, 0) is 29.3 Å². The summed E-state index contributed by atoms with van der Waals surface area (Å²) in [6, 6.07) is 6.82. The molecule has 0 amide bonds. The minimum Gasteiger partial charge on any atom is -0.388 e. The zero-order valence-corrected chi connectivity index (χ0v) is 14.3. The summed E-state index contributed by atoms with van der Waals surface area (Å²) in [4.78, 5) is 12.7. The van der Waals surface area contributed by atoms with E-state index in [1.807, 2.05) is 0 Å². The lowest BCUT2D eigenvalue weighted by Crippen LogP contribution is -2.27. The normalized spacial score (nSPS) is 20.9. The van der Waals surface area contributed by atoms with Crippen LogP contribution in [0.15, 0.2) is 42.5 Å². The number of benzene rings is 2. The highest BCUT2D eigenvalue weighted by molar-refractivity contribution is 6.03. The molecule has 0 saturated heterocycles. The molecule has 0 heterocycles. The van der Waals surface area contributed by atoms with Crippen molar-refractivity contribution < 1.29 is 41.0 Å². The Hall–Kier alpha value is -2.39. The van der Waals surface area contributed by atoms with Crippen molar-refractivity contribution in [3.8, 4) is 0 Å². The smallest absolute Gasteiger partial charge is 0.388 e. The van der Waals surface area contributed by atoms with Crippen molar-refractivity contribution in [2.75, 3.05) is 7.11 Å². The van der Waals surface area contributed by atoms with Gasteiger partial charge in [0, 0.05) is 12.7 Å². The van der Waals surface area contributed by atoms with Crippen molar-refractivity contribution in [2.24, 2.45) is 5.92 Å². The fourth-order valence-corrected chi connectivity index (χ4v) is 3.50. The molecule has 3 nitrogen and oxygen atoms in total. The van der Waals surface area contributed by atoms with E-state index in [-0.39, 0.29) is 11.1 Å². The molecule has 9 heteroatoms. The average molecular weight is 404 g/mol. The number of methoxy groups -OCH3 is 1. The van der Waals surface area contributed by atoms with Crippen LogP contribution in [0.4, 0.5) is 26.3 Å². The van der Waals surface area contributed by atoms with Crippen LogP contribution >= 0.6 is 0 Å². The number of aliphatic hydroxyl groups is 1. The number of ether oxygens (including phenoxy) is 1. The molecular weight excluding hydrogens is 390 g/mol. The maximum atomic E-state index is 13.4. The second-order valence-corrected chi connectivity index (χ2v) is 6.38. The summed E-state index contributed by atoms with van der Waals surface area (Å²) in [5.74, 6) is -2.20. The van der Waals surface area contributed by atoms with Crippen molar-refractivity contribution in [1.82, 2.24) is 0 Å². The largest absolute Gasteiger partial charge is 0.416 e. The summed E-state index contributed by atoms with van der Waals surface area (Å²) in [6.07, 6.45) is -13.1. The highest BCUT2D eigenvalue weighted by Gasteiger charge is 2.47. The van der Waals surface area contributed by atoms with E-state index in [1.165, 1.54) is 24.3 Å². The summed E-state index contributed by atoms with van der Waals surface area (Å²) < 4.78 is 84.6. The minimum atomic E-state index is -4.98. The fourth-order valence-electron chi connectivity index (χ4n) is 3.50. The summed E-state index contributed by atoms with van der Waals surface area (Å²) in [6.45, 7) is 0. The van der Waals surface area contributed by atoms with Gasteiger partial charge in [0.25, 0.3) is 0 Å². The van der Waals surface area contributed by atoms with E-state index in [9.17, 15) is 36.2 Å². The second-order valence-electron chi connectivity index (χ2n) is 6.38. The molecule has 1 N–H and O–H groups in total. The monoisotopic (exact) mass is 404 g/mol. The number of rotatable bonds is 3. The lowest BCUT2D eigenvalue weighted by molar-refractivity contribution is -0.143. The topological polar surface area (TPSA) is 46.5 Å². The first-order chi connectivity index (χ1) is 13.0. The van der Waals surface area contributed by atoms with Gasteiger partial charge in [-0.1, -0.05) is 24.3 Å². The quantitative estimate of drug-likeness (QED) is 0.736. The molecule has 1 aliphatic rings. The molecule has 1 aliphatic carbocycles. The predicted molar refractivity (Wildman–Crippen MR) is 85.4 cm³/mol. The van der Waals surface area contributed by atoms with Crippen LogP contribution in [0.3, 0.4) is 0 Å². The SMILES string of the molecule is COC(c1cc(C(F)(F)F)ccc1C(F)(F)F)C1C(=O)c2ccccc2C1O. The number of hydrogen-bond donors (Lipinski definition) is 1. The zero-order chi connectivity index (χ0) is 20.9. The van der Waals surface area contributed by atoms with Crippen molar-refractivity contribution in [3.63, 3.8) is 0 Å². The molecule has 0 aliphatic heterocycles. The molecule has 150 valence electrons. The number of halogens is 6. The van der Waals surface area contributed by atoms with Crippen molar-refractivity contribution in [3.05, 3.63) is 70.3 Å². The first-order valence-corrected chi connectivity index (χ1v) is 8.09. The van der Waals surface area contributed by atoms with Crippen LogP contribution < -0.4 is 0 Å². The second kappa shape index (κ2) is 6.89. The Morgan fingerprint density at radius 2 is 1.64 bits per heavy atom. The Morgan fingerprint density at radius 1 is 1.00 bits per heavy atom. The third-order valence-electron chi connectivity index (χ3n) is 4.76. The van der Waals surface area contributed by atoms with Crippen LogP contribution in [0.1, 0.15) is 44.8 Å². The number of aliphatic hydroxyl groups excluding tert-OH is 1. The lowest BCUT2D eigenvalue weighted by Gasteiger charge is -2.27. The Balaban J connectivity index is 2.16. The van der Waals surface area contributed by atoms with Gasteiger partial charge >= 0.3 is 12.4 Å². The molecule has 0 fully saturated rings. The molecule has 0 bridgehead atoms. The third-order valence-corrected chi connectivity index (χ3v) is 4.76. The van der Waals surface area contributed by atoms with Crippen LogP contribution in [0, 0.1) is 5.92 Å². The third kappa shape index (κ3) is 3.40. The number of hydrogen-bond acceptors (Lipinski definition) is 3. The molecule has 2 aromatic rings. The number of carbonyl (C=O) groups is 1. The summed E-state index contributed by atoms with van der Waals surface area (Å²) in [5, 5.41) is 10.5. The number of carbonyl (C=O) groups excluding carboxylic acids is 1. The van der Waals surface area contributed by atoms with Gasteiger partial charge in [-0.2, -0.15) is 26.3 Å². The van der Waals surface area contributed by atoms with Crippen LogP contribution in [0.2, 0.25) is 0 Å². The van der Waals surface area contributed by atoms with E-state index >= 15 is 0 Å².